The summed E-state index contributed by atoms with van der Waals surface area (Å²) in [5, 5.41) is 7.80. The summed E-state index contributed by atoms with van der Waals surface area (Å²) in [4.78, 5) is 13.0. The standard InChI is InChI=1S/C29H28FN3O3/c1-3-35-22-13-11-20(12-14-22)31-29(34)24-17-23(24)25-18-33(21-8-6-5-7-9-21)32-28(25)19-10-15-27(36-4-2)26(30)16-19/h5-16,18,23-24H,3-4,17H2,1-2H3,(H,31,34). The van der Waals surface area contributed by atoms with Crippen LogP contribution in [0.3, 0.4) is 0 Å². The molecule has 36 heavy (non-hydrogen) atoms. The molecule has 1 aliphatic carbocycles. The van der Waals surface area contributed by atoms with Gasteiger partial charge in [0.25, 0.3) is 0 Å². The molecule has 1 aromatic heterocycles. The van der Waals surface area contributed by atoms with Crippen LogP contribution in [-0.2, 0) is 4.79 Å². The third-order valence-corrected chi connectivity index (χ3v) is 6.23. The maximum absolute atomic E-state index is 14.7. The smallest absolute Gasteiger partial charge is 0.228 e. The normalized spacial score (nSPS) is 16.4. The van der Waals surface area contributed by atoms with Crippen LogP contribution in [0.2, 0.25) is 0 Å². The van der Waals surface area contributed by atoms with Crippen LogP contribution < -0.4 is 14.8 Å². The van der Waals surface area contributed by atoms with E-state index in [9.17, 15) is 9.18 Å². The lowest BCUT2D eigenvalue weighted by atomic mass is 10.0. The fourth-order valence-electron chi connectivity index (χ4n) is 4.38. The summed E-state index contributed by atoms with van der Waals surface area (Å²) in [6.45, 7) is 4.72. The third kappa shape index (κ3) is 4.96. The first-order chi connectivity index (χ1) is 17.6. The third-order valence-electron chi connectivity index (χ3n) is 6.23. The van der Waals surface area contributed by atoms with Crippen molar-refractivity contribution in [2.45, 2.75) is 26.2 Å². The van der Waals surface area contributed by atoms with Gasteiger partial charge in [0.15, 0.2) is 11.6 Å². The van der Waals surface area contributed by atoms with E-state index in [1.165, 1.54) is 6.07 Å². The summed E-state index contributed by atoms with van der Waals surface area (Å²) < 4.78 is 27.3. The van der Waals surface area contributed by atoms with Crippen molar-refractivity contribution in [2.24, 2.45) is 5.92 Å². The van der Waals surface area contributed by atoms with Crippen LogP contribution in [-0.4, -0.2) is 28.9 Å². The Bertz CT molecular complexity index is 1350. The van der Waals surface area contributed by atoms with Crippen molar-refractivity contribution in [2.75, 3.05) is 18.5 Å². The van der Waals surface area contributed by atoms with Crippen LogP contribution >= 0.6 is 0 Å². The molecule has 184 valence electrons. The average molecular weight is 486 g/mol. The fourth-order valence-corrected chi connectivity index (χ4v) is 4.38. The van der Waals surface area contributed by atoms with Gasteiger partial charge in [-0.2, -0.15) is 5.10 Å². The number of amides is 1. The van der Waals surface area contributed by atoms with Gasteiger partial charge < -0.3 is 14.8 Å². The Hall–Kier alpha value is -4.13. The average Bonchev–Trinajstić information content (AvgIpc) is 3.58. The van der Waals surface area contributed by atoms with E-state index in [2.05, 4.69) is 5.32 Å². The van der Waals surface area contributed by atoms with E-state index in [1.54, 1.807) is 10.7 Å². The molecule has 6 nitrogen and oxygen atoms in total. The van der Waals surface area contributed by atoms with Crippen LogP contribution in [0.15, 0.2) is 79.0 Å². The number of carbonyl (C=O) groups excluding carboxylic acids is 1. The van der Waals surface area contributed by atoms with E-state index in [0.717, 1.165) is 22.7 Å². The number of nitrogens with zero attached hydrogens (tertiary/aromatic N) is 2. The molecule has 7 heteroatoms. The Morgan fingerprint density at radius 1 is 1.03 bits per heavy atom. The van der Waals surface area contributed by atoms with Gasteiger partial charge in [-0.15, -0.1) is 0 Å². The number of para-hydroxylation sites is 1. The number of nitrogens with one attached hydrogen (secondary N) is 1. The number of aromatic nitrogens is 2. The van der Waals surface area contributed by atoms with E-state index in [-0.39, 0.29) is 23.5 Å². The number of carbonyl (C=O) groups is 1. The first kappa shape index (κ1) is 23.6. The van der Waals surface area contributed by atoms with Crippen LogP contribution in [0.25, 0.3) is 16.9 Å². The zero-order valence-corrected chi connectivity index (χ0v) is 20.3. The molecule has 4 aromatic rings. The van der Waals surface area contributed by atoms with Gasteiger partial charge in [-0.3, -0.25) is 4.79 Å². The number of anilines is 1. The Labute approximate surface area is 209 Å². The molecule has 1 N–H and O–H groups in total. The summed E-state index contributed by atoms with van der Waals surface area (Å²) in [7, 11) is 0. The molecule has 0 aliphatic heterocycles. The minimum absolute atomic E-state index is 0.00482. The second kappa shape index (κ2) is 10.2. The van der Waals surface area contributed by atoms with Crippen molar-refractivity contribution >= 4 is 11.6 Å². The van der Waals surface area contributed by atoms with Crippen molar-refractivity contribution < 1.29 is 18.7 Å². The van der Waals surface area contributed by atoms with Gasteiger partial charge in [-0.25, -0.2) is 9.07 Å². The fraction of sp³-hybridized carbons (Fsp3) is 0.241. The Kier molecular flexibility index (Phi) is 6.71. The van der Waals surface area contributed by atoms with Crippen molar-refractivity contribution in [1.29, 1.82) is 0 Å². The zero-order valence-electron chi connectivity index (χ0n) is 20.3. The number of hydrogen-bond acceptors (Lipinski definition) is 4. The maximum Gasteiger partial charge on any atom is 0.228 e. The summed E-state index contributed by atoms with van der Waals surface area (Å²) in [6.07, 6.45) is 2.66. The van der Waals surface area contributed by atoms with E-state index >= 15 is 0 Å². The van der Waals surface area contributed by atoms with E-state index < -0.39 is 5.82 Å². The van der Waals surface area contributed by atoms with Gasteiger partial charge in [-0.1, -0.05) is 18.2 Å². The molecule has 2 atom stereocenters. The monoisotopic (exact) mass is 485 g/mol. The molecule has 1 saturated carbocycles. The summed E-state index contributed by atoms with van der Waals surface area (Å²) in [5.74, 6) is 0.311. The molecular weight excluding hydrogens is 457 g/mol. The highest BCUT2D eigenvalue weighted by Crippen LogP contribution is 2.51. The Morgan fingerprint density at radius 3 is 2.47 bits per heavy atom. The molecule has 0 saturated heterocycles. The lowest BCUT2D eigenvalue weighted by Crippen LogP contribution is -2.14. The highest BCUT2D eigenvalue weighted by Gasteiger charge is 2.46. The van der Waals surface area contributed by atoms with Crippen molar-refractivity contribution in [3.63, 3.8) is 0 Å². The second-order valence-electron chi connectivity index (χ2n) is 8.69. The highest BCUT2D eigenvalue weighted by molar-refractivity contribution is 5.95. The van der Waals surface area contributed by atoms with Crippen LogP contribution in [0.1, 0.15) is 31.7 Å². The summed E-state index contributed by atoms with van der Waals surface area (Å²) in [5.41, 5.74) is 3.87. The van der Waals surface area contributed by atoms with Crippen molar-refractivity contribution in [3.8, 4) is 28.4 Å². The van der Waals surface area contributed by atoms with Gasteiger partial charge in [0.05, 0.1) is 24.6 Å². The largest absolute Gasteiger partial charge is 0.494 e. The minimum atomic E-state index is -0.435. The maximum atomic E-state index is 14.7. The van der Waals surface area contributed by atoms with Gasteiger partial charge >= 0.3 is 0 Å². The first-order valence-corrected chi connectivity index (χ1v) is 12.2. The van der Waals surface area contributed by atoms with E-state index in [4.69, 9.17) is 14.6 Å². The predicted octanol–water partition coefficient (Wildman–Crippen LogP) is 6.22. The molecular formula is C29H28FN3O3. The van der Waals surface area contributed by atoms with Crippen LogP contribution in [0.4, 0.5) is 10.1 Å². The number of ether oxygens (including phenoxy) is 2. The van der Waals surface area contributed by atoms with Gasteiger partial charge in [0, 0.05) is 34.8 Å². The quantitative estimate of drug-likeness (QED) is 0.306. The molecule has 1 aliphatic rings. The number of benzene rings is 3. The first-order valence-electron chi connectivity index (χ1n) is 12.2. The molecule has 1 amide bonds. The lowest BCUT2D eigenvalue weighted by Gasteiger charge is -2.08. The highest BCUT2D eigenvalue weighted by atomic mass is 19.1. The van der Waals surface area contributed by atoms with Crippen molar-refractivity contribution in [3.05, 3.63) is 90.4 Å². The zero-order chi connectivity index (χ0) is 25.1. The predicted molar refractivity (Wildman–Crippen MR) is 137 cm³/mol. The molecule has 5 rings (SSSR count). The Balaban J connectivity index is 1.41. The summed E-state index contributed by atoms with van der Waals surface area (Å²) in [6, 6.07) is 22.0. The van der Waals surface area contributed by atoms with E-state index in [1.807, 2.05) is 80.7 Å². The molecule has 1 heterocycles. The number of hydrogen-bond donors (Lipinski definition) is 1. The van der Waals surface area contributed by atoms with Gasteiger partial charge in [0.2, 0.25) is 5.91 Å². The summed E-state index contributed by atoms with van der Waals surface area (Å²) >= 11 is 0. The number of halogens is 1. The molecule has 0 bridgehead atoms. The Morgan fingerprint density at radius 2 is 1.78 bits per heavy atom. The molecule has 3 aromatic carbocycles. The SMILES string of the molecule is CCOc1ccc(NC(=O)C2CC2c2cn(-c3ccccc3)nc2-c2ccc(OCC)c(F)c2)cc1. The molecule has 0 radical (unpaired) electrons. The molecule has 2 unspecified atom stereocenters. The van der Waals surface area contributed by atoms with Gasteiger partial charge in [-0.05, 0) is 74.9 Å². The van der Waals surface area contributed by atoms with Crippen LogP contribution in [0.5, 0.6) is 11.5 Å². The lowest BCUT2D eigenvalue weighted by molar-refractivity contribution is -0.117. The van der Waals surface area contributed by atoms with Crippen LogP contribution in [0, 0.1) is 11.7 Å². The molecule has 0 spiro atoms. The minimum Gasteiger partial charge on any atom is -0.494 e. The number of rotatable bonds is 9. The van der Waals surface area contributed by atoms with Gasteiger partial charge in [0.1, 0.15) is 5.75 Å². The molecule has 1 fully saturated rings. The second-order valence-corrected chi connectivity index (χ2v) is 8.69. The topological polar surface area (TPSA) is 65.4 Å². The van der Waals surface area contributed by atoms with Crippen molar-refractivity contribution in [1.82, 2.24) is 9.78 Å². The van der Waals surface area contributed by atoms with E-state index in [0.29, 0.717) is 30.9 Å².